The Labute approximate surface area is 340 Å². The van der Waals surface area contributed by atoms with Gasteiger partial charge in [0, 0.05) is 57.2 Å². The van der Waals surface area contributed by atoms with Gasteiger partial charge in [-0.3, -0.25) is 9.58 Å². The van der Waals surface area contributed by atoms with E-state index < -0.39 is 0 Å². The molecule has 1 saturated heterocycles. The predicted octanol–water partition coefficient (Wildman–Crippen LogP) is 5.85. The average Bonchev–Trinajstić information content (AvgIpc) is 3.87. The Bertz CT molecular complexity index is 1730. The van der Waals surface area contributed by atoms with Crippen molar-refractivity contribution in [2.24, 2.45) is 0 Å². The summed E-state index contributed by atoms with van der Waals surface area (Å²) in [6.07, 6.45) is 14.1. The Morgan fingerprint density at radius 3 is 2.25 bits per heavy atom. The SMILES string of the molecule is COCCOCCOCCOCCCOc1nn([C@H]2CC[C@H](N3C[C@@H](C)O[C@@H](C)C3)CC2)cc1Nc1ncc(-c2ccc(Cl)c(O[C@@H](C)Cn3cncn3)c2)cn1. The monoisotopic (exact) mass is 811 g/mol. The van der Waals surface area contributed by atoms with Crippen LogP contribution in [0.3, 0.4) is 0 Å². The van der Waals surface area contributed by atoms with Crippen LogP contribution < -0.4 is 14.8 Å². The first kappa shape index (κ1) is 42.7. The summed E-state index contributed by atoms with van der Waals surface area (Å²) in [7, 11) is 1.65. The number of rotatable bonds is 23. The maximum absolute atomic E-state index is 6.51. The van der Waals surface area contributed by atoms with E-state index in [1.165, 1.54) is 6.33 Å². The smallest absolute Gasteiger partial charge is 0.256 e. The van der Waals surface area contributed by atoms with E-state index in [4.69, 9.17) is 49.9 Å². The largest absolute Gasteiger partial charge is 0.487 e. The third-order valence-corrected chi connectivity index (χ3v) is 10.3. The van der Waals surface area contributed by atoms with Crippen LogP contribution >= 0.6 is 11.6 Å². The van der Waals surface area contributed by atoms with Crippen molar-refractivity contribution in [3.05, 3.63) is 54.5 Å². The lowest BCUT2D eigenvalue weighted by Crippen LogP contribution is -2.51. The van der Waals surface area contributed by atoms with Crippen LogP contribution in [0.4, 0.5) is 11.6 Å². The third kappa shape index (κ3) is 13.3. The summed E-state index contributed by atoms with van der Waals surface area (Å²) < 4.78 is 43.9. The first-order valence-electron chi connectivity index (χ1n) is 20.1. The minimum atomic E-state index is -0.179. The van der Waals surface area contributed by atoms with Crippen LogP contribution in [0.1, 0.15) is 58.9 Å². The van der Waals surface area contributed by atoms with Gasteiger partial charge in [-0.15, -0.1) is 5.10 Å². The number of benzene rings is 1. The zero-order chi connectivity index (χ0) is 39.8. The number of halogens is 1. The van der Waals surface area contributed by atoms with Gasteiger partial charge in [-0.1, -0.05) is 17.7 Å². The van der Waals surface area contributed by atoms with Crippen molar-refractivity contribution >= 4 is 23.2 Å². The van der Waals surface area contributed by atoms with Crippen LogP contribution in [0.5, 0.6) is 11.6 Å². The van der Waals surface area contributed by atoms with Gasteiger partial charge >= 0.3 is 0 Å². The van der Waals surface area contributed by atoms with Gasteiger partial charge in [-0.2, -0.15) is 5.10 Å². The zero-order valence-corrected chi connectivity index (χ0v) is 34.4. The van der Waals surface area contributed by atoms with Gasteiger partial charge in [-0.25, -0.2) is 19.6 Å². The van der Waals surface area contributed by atoms with E-state index >= 15 is 0 Å². The lowest BCUT2D eigenvalue weighted by molar-refractivity contribution is -0.0852. The first-order chi connectivity index (χ1) is 27.8. The van der Waals surface area contributed by atoms with Crippen LogP contribution in [-0.4, -0.2) is 137 Å². The number of morpholine rings is 1. The van der Waals surface area contributed by atoms with Crippen molar-refractivity contribution in [1.82, 2.24) is 39.4 Å². The number of anilines is 2. The van der Waals surface area contributed by atoms with E-state index in [2.05, 4.69) is 48.8 Å². The molecule has 6 rings (SSSR count). The second-order valence-corrected chi connectivity index (χ2v) is 15.1. The topological polar surface area (TPSA) is 154 Å². The van der Waals surface area contributed by atoms with Gasteiger partial charge in [0.05, 0.1) is 82.3 Å². The fourth-order valence-electron chi connectivity index (χ4n) is 7.25. The molecule has 1 saturated carbocycles. The van der Waals surface area contributed by atoms with E-state index in [0.717, 1.165) is 49.9 Å². The van der Waals surface area contributed by atoms with Crippen LogP contribution in [0, 0.1) is 0 Å². The number of hydrogen-bond donors (Lipinski definition) is 1. The van der Waals surface area contributed by atoms with Gasteiger partial charge < -0.3 is 38.5 Å². The predicted molar refractivity (Wildman–Crippen MR) is 215 cm³/mol. The lowest BCUT2D eigenvalue weighted by atomic mass is 9.89. The molecule has 1 aliphatic heterocycles. The number of hydrogen-bond acceptors (Lipinski definition) is 14. The summed E-state index contributed by atoms with van der Waals surface area (Å²) in [6, 6.07) is 6.47. The highest BCUT2D eigenvalue weighted by Gasteiger charge is 2.32. The Kier molecular flexibility index (Phi) is 16.7. The molecule has 4 heterocycles. The van der Waals surface area contributed by atoms with Gasteiger partial charge in [0.1, 0.15) is 30.2 Å². The van der Waals surface area contributed by atoms with Gasteiger partial charge in [-0.05, 0) is 64.2 Å². The summed E-state index contributed by atoms with van der Waals surface area (Å²) >= 11 is 6.51. The van der Waals surface area contributed by atoms with E-state index in [9.17, 15) is 0 Å². The number of nitrogens with zero attached hydrogens (tertiary/aromatic N) is 8. The van der Waals surface area contributed by atoms with Crippen LogP contribution in [-0.2, 0) is 30.2 Å². The summed E-state index contributed by atoms with van der Waals surface area (Å²) in [5.41, 5.74) is 2.41. The van der Waals surface area contributed by atoms with E-state index in [1.54, 1.807) is 30.5 Å². The quantitative estimate of drug-likeness (QED) is 0.0891. The highest BCUT2D eigenvalue weighted by Crippen LogP contribution is 2.36. The molecule has 1 aromatic carbocycles. The zero-order valence-electron chi connectivity index (χ0n) is 33.6. The second kappa shape index (κ2) is 22.3. The van der Waals surface area contributed by atoms with Crippen molar-refractivity contribution in [1.29, 1.82) is 0 Å². The van der Waals surface area contributed by atoms with Crippen molar-refractivity contribution in [3.8, 4) is 22.8 Å². The van der Waals surface area contributed by atoms with Gasteiger partial charge in [0.2, 0.25) is 5.95 Å². The summed E-state index contributed by atoms with van der Waals surface area (Å²) in [6.45, 7) is 13.0. The molecule has 312 valence electrons. The second-order valence-electron chi connectivity index (χ2n) is 14.6. The highest BCUT2D eigenvalue weighted by molar-refractivity contribution is 6.32. The molecule has 0 amide bonds. The molecule has 1 N–H and O–H groups in total. The molecule has 0 unspecified atom stereocenters. The van der Waals surface area contributed by atoms with Crippen molar-refractivity contribution in [2.45, 2.75) is 89.8 Å². The van der Waals surface area contributed by atoms with Crippen molar-refractivity contribution in [3.63, 3.8) is 0 Å². The number of methoxy groups -OCH3 is 1. The summed E-state index contributed by atoms with van der Waals surface area (Å²) in [5, 5.41) is 13.0. The minimum Gasteiger partial charge on any atom is -0.487 e. The van der Waals surface area contributed by atoms with Gasteiger partial charge in [0.15, 0.2) is 0 Å². The van der Waals surface area contributed by atoms with Crippen LogP contribution in [0.25, 0.3) is 11.1 Å². The fourth-order valence-corrected chi connectivity index (χ4v) is 7.41. The molecule has 1 aliphatic carbocycles. The standard InChI is InChI=1S/C40H58ClN9O7/c1-29-23-48(24-30(2)56-29)34-7-9-35(10-8-34)50-26-37(39(47-50)55-13-5-12-52-16-17-54-19-18-53-15-14-51-4)46-40-43-21-33(22-44-40)32-6-11-36(41)38(20-32)57-31(3)25-49-28-42-27-45-49/h6,11,20-22,26-31,34-35H,5,7-10,12-19,23-25H2,1-4H3,(H,43,44,46)/t29-,30+,31-,34-,35-/m0/s1. The Hall–Kier alpha value is -3.90. The fraction of sp³-hybridized carbons (Fsp3) is 0.625. The molecule has 17 heteroatoms. The maximum Gasteiger partial charge on any atom is 0.256 e. The molecule has 3 aromatic heterocycles. The molecule has 0 radical (unpaired) electrons. The Morgan fingerprint density at radius 2 is 1.56 bits per heavy atom. The number of aromatic nitrogens is 7. The first-order valence-corrected chi connectivity index (χ1v) is 20.4. The van der Waals surface area contributed by atoms with Crippen molar-refractivity contribution in [2.75, 3.05) is 78.4 Å². The minimum absolute atomic E-state index is 0.179. The third-order valence-electron chi connectivity index (χ3n) is 9.95. The molecule has 3 atom stereocenters. The van der Waals surface area contributed by atoms with Crippen molar-refractivity contribution < 1.29 is 33.2 Å². The molecule has 2 aliphatic rings. The van der Waals surface area contributed by atoms with Crippen LogP contribution in [0.2, 0.25) is 5.02 Å². The van der Waals surface area contributed by atoms with Crippen LogP contribution in [0.15, 0.2) is 49.4 Å². The molecule has 2 fully saturated rings. The van der Waals surface area contributed by atoms with E-state index in [0.29, 0.717) is 100 Å². The lowest BCUT2D eigenvalue weighted by Gasteiger charge is -2.42. The molecular formula is C40H58ClN9O7. The summed E-state index contributed by atoms with van der Waals surface area (Å²) in [4.78, 5) is 15.9. The molecule has 0 bridgehead atoms. The maximum atomic E-state index is 6.51. The number of nitrogens with one attached hydrogen (secondary N) is 1. The number of ether oxygens (including phenoxy) is 7. The van der Waals surface area contributed by atoms with E-state index in [-0.39, 0.29) is 24.4 Å². The molecule has 57 heavy (non-hydrogen) atoms. The molecule has 16 nitrogen and oxygen atoms in total. The summed E-state index contributed by atoms with van der Waals surface area (Å²) in [5.74, 6) is 1.51. The molecule has 0 spiro atoms. The highest BCUT2D eigenvalue weighted by atomic mass is 35.5. The average molecular weight is 812 g/mol. The van der Waals surface area contributed by atoms with E-state index in [1.807, 2.05) is 31.3 Å². The van der Waals surface area contributed by atoms with Gasteiger partial charge in [0.25, 0.3) is 5.88 Å². The Morgan fingerprint density at radius 1 is 0.877 bits per heavy atom. The molecular weight excluding hydrogens is 754 g/mol. The molecule has 4 aromatic rings. The Balaban J connectivity index is 1.04. The normalized spacial score (nSPS) is 20.7.